The summed E-state index contributed by atoms with van der Waals surface area (Å²) in [6, 6.07) is 0.730. The van der Waals surface area contributed by atoms with Crippen LogP contribution in [-0.2, 0) is 13.6 Å². The van der Waals surface area contributed by atoms with E-state index in [2.05, 4.69) is 0 Å². The Hall–Kier alpha value is 0.110. The second kappa shape index (κ2) is 7.21. The molecule has 0 radical (unpaired) electrons. The molecule has 0 spiro atoms. The minimum atomic E-state index is -2.83. The second-order valence-corrected chi connectivity index (χ2v) is 8.12. The van der Waals surface area contributed by atoms with E-state index in [0.717, 1.165) is 12.5 Å². The number of nitrogens with one attached hydrogen (secondary N) is 1. The number of piperidine rings is 2. The molecule has 19 heavy (non-hydrogen) atoms. The molecule has 0 saturated carbocycles. The van der Waals surface area contributed by atoms with Crippen LogP contribution in [0.5, 0.6) is 0 Å². The van der Waals surface area contributed by atoms with Crippen molar-refractivity contribution < 1.29 is 18.5 Å². The molecule has 0 aromatic rings. The fourth-order valence-corrected chi connectivity index (χ4v) is 4.55. The second-order valence-electron chi connectivity index (χ2n) is 6.06. The molecule has 5 heteroatoms. The average molecular weight is 290 g/mol. The SMILES string of the molecule is CCCO[P@](C)(=O)OC[C@@H]1CCC[NH+]2CCCC[C@H]12. The fourth-order valence-electron chi connectivity index (χ4n) is 3.50. The maximum absolute atomic E-state index is 12.1. The summed E-state index contributed by atoms with van der Waals surface area (Å²) < 4.78 is 23.1. The molecule has 4 nitrogen and oxygen atoms in total. The summed E-state index contributed by atoms with van der Waals surface area (Å²) in [5.41, 5.74) is 0. The Morgan fingerprint density at radius 1 is 1.16 bits per heavy atom. The fraction of sp³-hybridized carbons (Fsp3) is 1.00. The van der Waals surface area contributed by atoms with Crippen LogP contribution >= 0.6 is 7.60 Å². The largest absolute Gasteiger partial charge is 0.332 e. The van der Waals surface area contributed by atoms with E-state index in [9.17, 15) is 4.57 Å². The normalized spacial score (nSPS) is 34.5. The predicted molar refractivity (Wildman–Crippen MR) is 76.8 cm³/mol. The lowest BCUT2D eigenvalue weighted by Gasteiger charge is -2.41. The van der Waals surface area contributed by atoms with Gasteiger partial charge in [-0.15, -0.1) is 0 Å². The molecular weight excluding hydrogens is 261 g/mol. The van der Waals surface area contributed by atoms with Crippen molar-refractivity contribution in [2.45, 2.75) is 51.5 Å². The van der Waals surface area contributed by atoms with Crippen LogP contribution in [0.1, 0.15) is 45.4 Å². The van der Waals surface area contributed by atoms with Crippen LogP contribution in [-0.4, -0.2) is 39.0 Å². The van der Waals surface area contributed by atoms with Gasteiger partial charge in [0.2, 0.25) is 0 Å². The van der Waals surface area contributed by atoms with Crippen molar-refractivity contribution >= 4 is 7.60 Å². The third kappa shape index (κ3) is 4.56. The van der Waals surface area contributed by atoms with Crippen molar-refractivity contribution in [2.75, 3.05) is 33.0 Å². The lowest BCUT2D eigenvalue weighted by atomic mass is 9.84. The van der Waals surface area contributed by atoms with Crippen molar-refractivity contribution in [3.63, 3.8) is 0 Å². The highest BCUT2D eigenvalue weighted by molar-refractivity contribution is 7.52. The Bertz CT molecular complexity index is 322. The monoisotopic (exact) mass is 290 g/mol. The minimum Gasteiger partial charge on any atom is -0.332 e. The van der Waals surface area contributed by atoms with E-state index in [1.165, 1.54) is 45.2 Å². The average Bonchev–Trinajstić information content (AvgIpc) is 2.43. The van der Waals surface area contributed by atoms with Crippen LogP contribution in [0.25, 0.3) is 0 Å². The van der Waals surface area contributed by atoms with E-state index >= 15 is 0 Å². The summed E-state index contributed by atoms with van der Waals surface area (Å²) in [7, 11) is -2.83. The Morgan fingerprint density at radius 2 is 1.95 bits per heavy atom. The molecule has 0 bridgehead atoms. The van der Waals surface area contributed by atoms with Crippen LogP contribution in [0.2, 0.25) is 0 Å². The molecule has 2 saturated heterocycles. The van der Waals surface area contributed by atoms with E-state index in [1.807, 2.05) is 6.92 Å². The molecule has 1 N–H and O–H groups in total. The highest BCUT2D eigenvalue weighted by atomic mass is 31.2. The molecule has 0 aromatic heterocycles. The zero-order chi connectivity index (χ0) is 13.7. The first kappa shape index (κ1) is 15.5. The van der Waals surface area contributed by atoms with Crippen LogP contribution in [0.3, 0.4) is 0 Å². The molecule has 2 aliphatic heterocycles. The summed E-state index contributed by atoms with van der Waals surface area (Å²) in [6.45, 7) is 7.40. The molecule has 112 valence electrons. The first-order valence-electron chi connectivity index (χ1n) is 7.83. The standard InChI is InChI=1S/C14H28NO3P/c1-3-11-17-19(2,16)18-12-13-7-6-10-15-9-5-4-8-14(13)15/h13-14H,3-12H2,1-2H3/p+1/t13-,14+,19-/m0/s1. The van der Waals surface area contributed by atoms with Crippen LogP contribution in [0.4, 0.5) is 0 Å². The van der Waals surface area contributed by atoms with Gasteiger partial charge in [0.1, 0.15) is 0 Å². The van der Waals surface area contributed by atoms with Gasteiger partial charge in [0.05, 0.1) is 32.3 Å². The number of rotatable bonds is 6. The Morgan fingerprint density at radius 3 is 2.74 bits per heavy atom. The van der Waals surface area contributed by atoms with Gasteiger partial charge in [0.15, 0.2) is 0 Å². The molecule has 0 aliphatic carbocycles. The van der Waals surface area contributed by atoms with Gasteiger partial charge in [0.25, 0.3) is 0 Å². The predicted octanol–water partition coefficient (Wildman–Crippen LogP) is 2.10. The van der Waals surface area contributed by atoms with Gasteiger partial charge in [-0.3, -0.25) is 4.57 Å². The highest BCUT2D eigenvalue weighted by Crippen LogP contribution is 2.44. The zero-order valence-corrected chi connectivity index (χ0v) is 13.3. The molecule has 2 fully saturated rings. The maximum atomic E-state index is 12.1. The summed E-state index contributed by atoms with van der Waals surface area (Å²) in [5, 5.41) is 0. The van der Waals surface area contributed by atoms with Crippen LogP contribution in [0, 0.1) is 5.92 Å². The molecule has 2 rings (SSSR count). The van der Waals surface area contributed by atoms with E-state index in [4.69, 9.17) is 9.05 Å². The van der Waals surface area contributed by atoms with Crippen LogP contribution < -0.4 is 4.90 Å². The molecule has 4 atom stereocenters. The number of fused-ring (bicyclic) bond motifs is 1. The smallest absolute Gasteiger partial charge is 0.327 e. The van der Waals surface area contributed by atoms with Gasteiger partial charge in [-0.1, -0.05) is 6.92 Å². The quantitative estimate of drug-likeness (QED) is 0.762. The van der Waals surface area contributed by atoms with E-state index in [1.54, 1.807) is 11.6 Å². The third-order valence-electron chi connectivity index (χ3n) is 4.48. The topological polar surface area (TPSA) is 40.0 Å². The van der Waals surface area contributed by atoms with Gasteiger partial charge in [-0.05, 0) is 38.5 Å². The Labute approximate surface area is 117 Å². The molecule has 2 heterocycles. The van der Waals surface area contributed by atoms with Gasteiger partial charge in [0, 0.05) is 12.6 Å². The molecule has 0 aromatic carbocycles. The highest BCUT2D eigenvalue weighted by Gasteiger charge is 2.37. The lowest BCUT2D eigenvalue weighted by molar-refractivity contribution is -0.940. The van der Waals surface area contributed by atoms with E-state index in [-0.39, 0.29) is 0 Å². The first-order valence-corrected chi connectivity index (χ1v) is 9.82. The molecule has 2 aliphatic rings. The van der Waals surface area contributed by atoms with Crippen molar-refractivity contribution in [3.05, 3.63) is 0 Å². The van der Waals surface area contributed by atoms with Crippen LogP contribution in [0.15, 0.2) is 0 Å². The lowest BCUT2D eigenvalue weighted by Crippen LogP contribution is -3.18. The van der Waals surface area contributed by atoms with E-state index < -0.39 is 7.60 Å². The number of quaternary nitrogens is 1. The zero-order valence-electron chi connectivity index (χ0n) is 12.4. The summed E-state index contributed by atoms with van der Waals surface area (Å²) in [4.78, 5) is 1.76. The van der Waals surface area contributed by atoms with Gasteiger partial charge in [-0.2, -0.15) is 0 Å². The maximum Gasteiger partial charge on any atom is 0.327 e. The van der Waals surface area contributed by atoms with Crippen molar-refractivity contribution in [1.82, 2.24) is 0 Å². The summed E-state index contributed by atoms with van der Waals surface area (Å²) in [5.74, 6) is 0.572. The van der Waals surface area contributed by atoms with Crippen molar-refractivity contribution in [1.29, 1.82) is 0 Å². The molecular formula is C14H29NO3P+. The Balaban J connectivity index is 1.82. The summed E-state index contributed by atoms with van der Waals surface area (Å²) in [6.07, 6.45) is 7.41. The summed E-state index contributed by atoms with van der Waals surface area (Å²) >= 11 is 0. The molecule has 1 unspecified atom stereocenters. The third-order valence-corrected chi connectivity index (χ3v) is 5.75. The van der Waals surface area contributed by atoms with Crippen molar-refractivity contribution in [3.8, 4) is 0 Å². The minimum absolute atomic E-state index is 0.527. The number of hydrogen-bond donors (Lipinski definition) is 1. The van der Waals surface area contributed by atoms with Gasteiger partial charge < -0.3 is 13.9 Å². The van der Waals surface area contributed by atoms with E-state index in [0.29, 0.717) is 19.1 Å². The van der Waals surface area contributed by atoms with Gasteiger partial charge in [-0.25, -0.2) is 0 Å². The number of hydrogen-bond acceptors (Lipinski definition) is 3. The first-order chi connectivity index (χ1) is 9.12. The van der Waals surface area contributed by atoms with Gasteiger partial charge >= 0.3 is 7.60 Å². The van der Waals surface area contributed by atoms with Crippen molar-refractivity contribution in [2.24, 2.45) is 5.92 Å². The molecule has 0 amide bonds. The Kier molecular flexibility index (Phi) is 5.88.